The van der Waals surface area contributed by atoms with Gasteiger partial charge in [0.1, 0.15) is 0 Å². The Hall–Kier alpha value is -0.130. The average molecular weight is 191 g/mol. The van der Waals surface area contributed by atoms with Gasteiger partial charge in [0.15, 0.2) is 0 Å². The molecule has 0 aromatic heterocycles. The summed E-state index contributed by atoms with van der Waals surface area (Å²) in [5.74, 6) is 0. The molecule has 1 atom stereocenters. The normalized spacial score (nSPS) is 38.3. The van der Waals surface area contributed by atoms with Gasteiger partial charge in [-0.25, -0.2) is 0 Å². The van der Waals surface area contributed by atoms with Crippen molar-refractivity contribution >= 4 is 10.3 Å². The number of fused-ring (bicyclic) bond motifs is 1. The maximum Gasteiger partial charge on any atom is 0.338 e. The Morgan fingerprint density at radius 2 is 2.17 bits per heavy atom. The van der Waals surface area contributed by atoms with Gasteiger partial charge in [0.05, 0.1) is 12.6 Å². The van der Waals surface area contributed by atoms with Gasteiger partial charge >= 0.3 is 10.3 Å². The third kappa shape index (κ3) is 1.16. The fourth-order valence-electron chi connectivity index (χ4n) is 1.99. The Morgan fingerprint density at radius 3 is 2.75 bits per heavy atom. The molecule has 5 heteroatoms. The molecular weight excluding hydrogens is 178 g/mol. The molecule has 4 nitrogen and oxygen atoms in total. The standard InChI is InChI=1S/C7H13NO3S/c1-7(2)3-6-4-11-12(9,10)8(6)5-7/h6H,3-5H2,1-2H3/t6-/m1/s1. The van der Waals surface area contributed by atoms with Crippen LogP contribution in [0.5, 0.6) is 0 Å². The van der Waals surface area contributed by atoms with Crippen molar-refractivity contribution in [2.24, 2.45) is 5.41 Å². The zero-order chi connectivity index (χ0) is 8.98. The molecule has 2 saturated heterocycles. The van der Waals surface area contributed by atoms with Crippen LogP contribution in [0.2, 0.25) is 0 Å². The Kier molecular flexibility index (Phi) is 1.56. The molecule has 0 aliphatic carbocycles. The fraction of sp³-hybridized carbons (Fsp3) is 1.00. The maximum absolute atomic E-state index is 11.2. The summed E-state index contributed by atoms with van der Waals surface area (Å²) in [6.07, 6.45) is 0.909. The lowest BCUT2D eigenvalue weighted by Crippen LogP contribution is -2.29. The second-order valence-electron chi connectivity index (χ2n) is 4.31. The highest BCUT2D eigenvalue weighted by Gasteiger charge is 2.48. The van der Waals surface area contributed by atoms with Gasteiger partial charge in [-0.05, 0) is 11.8 Å². The van der Waals surface area contributed by atoms with Crippen LogP contribution in [-0.2, 0) is 14.5 Å². The summed E-state index contributed by atoms with van der Waals surface area (Å²) in [7, 11) is -3.36. The van der Waals surface area contributed by atoms with Gasteiger partial charge in [0, 0.05) is 6.54 Å². The molecular formula is C7H13NO3S. The Labute approximate surface area is 72.8 Å². The van der Waals surface area contributed by atoms with Gasteiger partial charge in [-0.15, -0.1) is 0 Å². The van der Waals surface area contributed by atoms with Crippen LogP contribution in [0, 0.1) is 5.41 Å². The van der Waals surface area contributed by atoms with Crippen molar-refractivity contribution in [2.45, 2.75) is 26.3 Å². The number of hydrogen-bond acceptors (Lipinski definition) is 3. The highest BCUT2D eigenvalue weighted by molar-refractivity contribution is 7.84. The van der Waals surface area contributed by atoms with Gasteiger partial charge in [0.25, 0.3) is 0 Å². The van der Waals surface area contributed by atoms with Gasteiger partial charge in [0.2, 0.25) is 0 Å². The van der Waals surface area contributed by atoms with Gasteiger partial charge in [-0.2, -0.15) is 12.7 Å². The van der Waals surface area contributed by atoms with Crippen LogP contribution >= 0.6 is 0 Å². The predicted molar refractivity (Wildman–Crippen MR) is 43.8 cm³/mol. The topological polar surface area (TPSA) is 46.6 Å². The summed E-state index contributed by atoms with van der Waals surface area (Å²) in [4.78, 5) is 0. The average Bonchev–Trinajstić information content (AvgIpc) is 2.31. The molecule has 2 aliphatic heterocycles. The van der Waals surface area contributed by atoms with Crippen molar-refractivity contribution < 1.29 is 12.6 Å². The summed E-state index contributed by atoms with van der Waals surface area (Å²) in [5, 5.41) is 0. The van der Waals surface area contributed by atoms with Crippen molar-refractivity contribution in [1.82, 2.24) is 4.31 Å². The van der Waals surface area contributed by atoms with Crippen molar-refractivity contribution in [2.75, 3.05) is 13.2 Å². The highest BCUT2D eigenvalue weighted by atomic mass is 32.2. The molecule has 0 saturated carbocycles. The predicted octanol–water partition coefficient (Wildman–Crippen LogP) is 0.362. The molecule has 2 heterocycles. The molecule has 70 valence electrons. The van der Waals surface area contributed by atoms with E-state index in [0.717, 1.165) is 6.42 Å². The zero-order valence-corrected chi connectivity index (χ0v) is 8.10. The summed E-state index contributed by atoms with van der Waals surface area (Å²) < 4.78 is 28.6. The van der Waals surface area contributed by atoms with E-state index in [0.29, 0.717) is 13.2 Å². The maximum atomic E-state index is 11.2. The summed E-state index contributed by atoms with van der Waals surface area (Å²) >= 11 is 0. The molecule has 0 unspecified atom stereocenters. The lowest BCUT2D eigenvalue weighted by atomic mass is 9.91. The van der Waals surface area contributed by atoms with Crippen LogP contribution in [0.25, 0.3) is 0 Å². The second kappa shape index (κ2) is 2.21. The van der Waals surface area contributed by atoms with Crippen LogP contribution in [0.3, 0.4) is 0 Å². The Balaban J connectivity index is 2.28. The van der Waals surface area contributed by atoms with Crippen molar-refractivity contribution in [3.05, 3.63) is 0 Å². The minimum atomic E-state index is -3.36. The van der Waals surface area contributed by atoms with Gasteiger partial charge in [-0.1, -0.05) is 13.8 Å². The summed E-state index contributed by atoms with van der Waals surface area (Å²) in [6, 6.07) is 0.0880. The van der Waals surface area contributed by atoms with E-state index in [4.69, 9.17) is 4.18 Å². The van der Waals surface area contributed by atoms with E-state index < -0.39 is 10.3 Å². The van der Waals surface area contributed by atoms with Crippen LogP contribution in [-0.4, -0.2) is 31.9 Å². The fourth-order valence-corrected chi connectivity index (χ4v) is 3.46. The van der Waals surface area contributed by atoms with E-state index in [1.807, 2.05) is 0 Å². The van der Waals surface area contributed by atoms with Gasteiger partial charge in [-0.3, -0.25) is 4.18 Å². The van der Waals surface area contributed by atoms with E-state index in [9.17, 15) is 8.42 Å². The van der Waals surface area contributed by atoms with Crippen LogP contribution in [0.1, 0.15) is 20.3 Å². The quantitative estimate of drug-likeness (QED) is 0.555. The zero-order valence-electron chi connectivity index (χ0n) is 7.28. The first kappa shape index (κ1) is 8.47. The smallest absolute Gasteiger partial charge is 0.256 e. The second-order valence-corrected chi connectivity index (χ2v) is 5.87. The molecule has 0 aromatic carbocycles. The van der Waals surface area contributed by atoms with Crippen LogP contribution < -0.4 is 0 Å². The highest BCUT2D eigenvalue weighted by Crippen LogP contribution is 2.39. The first-order chi connectivity index (χ1) is 5.41. The minimum absolute atomic E-state index is 0.0880. The first-order valence-electron chi connectivity index (χ1n) is 4.07. The molecule has 0 amide bonds. The van der Waals surface area contributed by atoms with Gasteiger partial charge < -0.3 is 0 Å². The van der Waals surface area contributed by atoms with Crippen molar-refractivity contribution in [3.63, 3.8) is 0 Å². The number of rotatable bonds is 0. The van der Waals surface area contributed by atoms with Crippen LogP contribution in [0.15, 0.2) is 0 Å². The Bertz CT molecular complexity index is 296. The monoisotopic (exact) mass is 191 g/mol. The lowest BCUT2D eigenvalue weighted by Gasteiger charge is -2.16. The molecule has 2 aliphatic rings. The molecule has 0 bridgehead atoms. The van der Waals surface area contributed by atoms with E-state index in [1.54, 1.807) is 0 Å². The Morgan fingerprint density at radius 1 is 1.50 bits per heavy atom. The minimum Gasteiger partial charge on any atom is -0.256 e. The molecule has 0 aromatic rings. The molecule has 12 heavy (non-hydrogen) atoms. The van der Waals surface area contributed by atoms with Crippen LogP contribution in [0.4, 0.5) is 0 Å². The number of hydrogen-bond donors (Lipinski definition) is 0. The van der Waals surface area contributed by atoms with Crippen molar-refractivity contribution in [3.8, 4) is 0 Å². The molecule has 0 N–H and O–H groups in total. The number of nitrogens with zero attached hydrogens (tertiary/aromatic N) is 1. The molecule has 2 fully saturated rings. The lowest BCUT2D eigenvalue weighted by molar-refractivity contribution is 0.305. The molecule has 0 radical (unpaired) electrons. The SMILES string of the molecule is CC1(C)C[C@@H]2COS(=O)(=O)N2C1. The van der Waals surface area contributed by atoms with Crippen molar-refractivity contribution in [1.29, 1.82) is 0 Å². The third-order valence-electron chi connectivity index (χ3n) is 2.48. The summed E-state index contributed by atoms with van der Waals surface area (Å²) in [6.45, 7) is 5.10. The third-order valence-corrected chi connectivity index (χ3v) is 3.91. The van der Waals surface area contributed by atoms with E-state index in [2.05, 4.69) is 13.8 Å². The largest absolute Gasteiger partial charge is 0.338 e. The summed E-state index contributed by atoms with van der Waals surface area (Å²) in [5.41, 5.74) is 0.113. The molecule has 0 spiro atoms. The first-order valence-corrected chi connectivity index (χ1v) is 5.43. The van der Waals surface area contributed by atoms with E-state index in [-0.39, 0.29) is 11.5 Å². The molecule has 2 rings (SSSR count). The van der Waals surface area contributed by atoms with E-state index >= 15 is 0 Å². The van der Waals surface area contributed by atoms with E-state index in [1.165, 1.54) is 4.31 Å².